The van der Waals surface area contributed by atoms with Gasteiger partial charge in [0.1, 0.15) is 11.8 Å². The lowest BCUT2D eigenvalue weighted by molar-refractivity contribution is -0.114. The van der Waals surface area contributed by atoms with Gasteiger partial charge in [-0.1, -0.05) is 0 Å². The van der Waals surface area contributed by atoms with Crippen molar-refractivity contribution < 1.29 is 9.59 Å². The molecule has 0 aliphatic carbocycles. The molecule has 0 saturated heterocycles. The topological polar surface area (TPSA) is 94.9 Å². The number of anilines is 2. The summed E-state index contributed by atoms with van der Waals surface area (Å²) in [6, 6.07) is 11.7. The first-order chi connectivity index (χ1) is 10.1. The minimum atomic E-state index is -0.369. The molecule has 6 heteroatoms. The van der Waals surface area contributed by atoms with Gasteiger partial charge in [-0.05, 0) is 36.4 Å². The van der Waals surface area contributed by atoms with Gasteiger partial charge in [-0.25, -0.2) is 4.98 Å². The number of aromatic nitrogens is 1. The maximum absolute atomic E-state index is 12.0. The van der Waals surface area contributed by atoms with Crippen molar-refractivity contribution in [2.75, 3.05) is 10.6 Å². The summed E-state index contributed by atoms with van der Waals surface area (Å²) in [6.45, 7) is 1.42. The monoisotopic (exact) mass is 280 g/mol. The highest BCUT2D eigenvalue weighted by atomic mass is 16.2. The number of amides is 2. The third-order valence-corrected chi connectivity index (χ3v) is 2.59. The number of hydrogen-bond donors (Lipinski definition) is 2. The summed E-state index contributed by atoms with van der Waals surface area (Å²) in [7, 11) is 0. The van der Waals surface area contributed by atoms with Crippen molar-refractivity contribution in [3.63, 3.8) is 0 Å². The second-order valence-electron chi connectivity index (χ2n) is 4.26. The van der Waals surface area contributed by atoms with Gasteiger partial charge in [-0.15, -0.1) is 0 Å². The molecule has 0 saturated carbocycles. The number of rotatable bonds is 3. The number of nitrogens with one attached hydrogen (secondary N) is 2. The molecular weight excluding hydrogens is 268 g/mol. The van der Waals surface area contributed by atoms with Crippen molar-refractivity contribution in [2.24, 2.45) is 0 Å². The summed E-state index contributed by atoms with van der Waals surface area (Å²) < 4.78 is 0. The molecule has 0 aliphatic heterocycles. The Bertz CT molecular complexity index is 700. The van der Waals surface area contributed by atoms with Crippen molar-refractivity contribution >= 4 is 23.2 Å². The second-order valence-corrected chi connectivity index (χ2v) is 4.26. The van der Waals surface area contributed by atoms with Crippen molar-refractivity contribution in [3.05, 3.63) is 53.9 Å². The van der Waals surface area contributed by atoms with Crippen LogP contribution < -0.4 is 10.6 Å². The van der Waals surface area contributed by atoms with Crippen LogP contribution in [0.25, 0.3) is 0 Å². The largest absolute Gasteiger partial charge is 0.326 e. The lowest BCUT2D eigenvalue weighted by Crippen LogP contribution is -2.13. The summed E-state index contributed by atoms with van der Waals surface area (Å²) in [4.78, 5) is 26.8. The molecule has 2 N–H and O–H groups in total. The number of hydrogen-bond acceptors (Lipinski definition) is 4. The Morgan fingerprint density at radius 1 is 1.05 bits per heavy atom. The summed E-state index contributed by atoms with van der Waals surface area (Å²) in [5, 5.41) is 14.0. The molecule has 104 valence electrons. The predicted octanol–water partition coefficient (Wildman–Crippen LogP) is 2.16. The average Bonchev–Trinajstić information content (AvgIpc) is 2.49. The molecular formula is C15H12N4O2. The normalized spacial score (nSPS) is 9.52. The van der Waals surface area contributed by atoms with Gasteiger partial charge in [-0.3, -0.25) is 9.59 Å². The van der Waals surface area contributed by atoms with Crippen LogP contribution in [0.1, 0.15) is 23.0 Å². The third-order valence-electron chi connectivity index (χ3n) is 2.59. The molecule has 1 heterocycles. The van der Waals surface area contributed by atoms with E-state index in [-0.39, 0.29) is 17.5 Å². The Labute approximate surface area is 121 Å². The molecule has 2 amide bonds. The van der Waals surface area contributed by atoms with Crippen molar-refractivity contribution in [3.8, 4) is 6.07 Å². The molecule has 2 aromatic rings. The highest BCUT2D eigenvalue weighted by Crippen LogP contribution is 2.14. The fourth-order valence-corrected chi connectivity index (χ4v) is 1.63. The number of carbonyl (C=O) groups excluding carboxylic acids is 2. The molecule has 0 atom stereocenters. The summed E-state index contributed by atoms with van der Waals surface area (Å²) in [6.07, 6.45) is 1.34. The number of benzene rings is 1. The first-order valence-electron chi connectivity index (χ1n) is 6.13. The molecule has 0 aliphatic rings. The van der Waals surface area contributed by atoms with Crippen LogP contribution in [0.15, 0.2) is 42.6 Å². The molecule has 0 fully saturated rings. The first kappa shape index (κ1) is 14.2. The van der Waals surface area contributed by atoms with Crippen molar-refractivity contribution in [1.82, 2.24) is 4.98 Å². The van der Waals surface area contributed by atoms with E-state index in [4.69, 9.17) is 5.26 Å². The smallest absolute Gasteiger partial charge is 0.274 e. The van der Waals surface area contributed by atoms with E-state index in [2.05, 4.69) is 15.6 Å². The maximum Gasteiger partial charge on any atom is 0.274 e. The SMILES string of the molecule is CC(=O)Nc1ccc(NC(=O)c2ccc(C#N)cn2)cc1. The lowest BCUT2D eigenvalue weighted by atomic mass is 10.2. The molecule has 1 aromatic carbocycles. The zero-order valence-electron chi connectivity index (χ0n) is 11.3. The highest BCUT2D eigenvalue weighted by Gasteiger charge is 2.07. The van der Waals surface area contributed by atoms with Gasteiger partial charge >= 0.3 is 0 Å². The van der Waals surface area contributed by atoms with Crippen LogP contribution in [0.4, 0.5) is 11.4 Å². The van der Waals surface area contributed by atoms with E-state index in [0.29, 0.717) is 16.9 Å². The van der Waals surface area contributed by atoms with Crippen LogP contribution in [-0.2, 0) is 4.79 Å². The van der Waals surface area contributed by atoms with Crippen LogP contribution in [0.5, 0.6) is 0 Å². The minimum Gasteiger partial charge on any atom is -0.326 e. The number of pyridine rings is 1. The fraction of sp³-hybridized carbons (Fsp3) is 0.0667. The molecule has 21 heavy (non-hydrogen) atoms. The molecule has 2 rings (SSSR count). The summed E-state index contributed by atoms with van der Waals surface area (Å²) in [5.74, 6) is -0.527. The van der Waals surface area contributed by atoms with E-state index >= 15 is 0 Å². The molecule has 0 spiro atoms. The lowest BCUT2D eigenvalue weighted by Gasteiger charge is -2.06. The van der Waals surface area contributed by atoms with E-state index in [0.717, 1.165) is 0 Å². The van der Waals surface area contributed by atoms with Crippen LogP contribution in [0, 0.1) is 11.3 Å². The Morgan fingerprint density at radius 3 is 2.14 bits per heavy atom. The van der Waals surface area contributed by atoms with Crippen molar-refractivity contribution in [1.29, 1.82) is 5.26 Å². The van der Waals surface area contributed by atoms with Crippen LogP contribution in [0.3, 0.4) is 0 Å². The highest BCUT2D eigenvalue weighted by molar-refractivity contribution is 6.03. The van der Waals surface area contributed by atoms with Gasteiger partial charge in [0, 0.05) is 24.5 Å². The Morgan fingerprint density at radius 2 is 1.67 bits per heavy atom. The molecule has 1 aromatic heterocycles. The van der Waals surface area contributed by atoms with Gasteiger partial charge in [0.15, 0.2) is 0 Å². The quantitative estimate of drug-likeness (QED) is 0.900. The van der Waals surface area contributed by atoms with Crippen LogP contribution >= 0.6 is 0 Å². The second kappa shape index (κ2) is 6.30. The fourth-order valence-electron chi connectivity index (χ4n) is 1.63. The Balaban J connectivity index is 2.05. The molecule has 0 unspecified atom stereocenters. The standard InChI is InChI=1S/C15H12N4O2/c1-10(20)18-12-3-5-13(6-4-12)19-15(21)14-7-2-11(8-16)9-17-14/h2-7,9H,1H3,(H,18,20)(H,19,21). The van der Waals surface area contributed by atoms with E-state index in [1.807, 2.05) is 6.07 Å². The van der Waals surface area contributed by atoms with Crippen LogP contribution in [-0.4, -0.2) is 16.8 Å². The van der Waals surface area contributed by atoms with Gasteiger partial charge in [0.2, 0.25) is 5.91 Å². The predicted molar refractivity (Wildman–Crippen MR) is 77.7 cm³/mol. The van der Waals surface area contributed by atoms with E-state index in [1.54, 1.807) is 24.3 Å². The molecule has 0 bridgehead atoms. The Hall–Kier alpha value is -3.20. The van der Waals surface area contributed by atoms with Crippen molar-refractivity contribution in [2.45, 2.75) is 6.92 Å². The number of nitrogens with zero attached hydrogens (tertiary/aromatic N) is 2. The van der Waals surface area contributed by atoms with E-state index < -0.39 is 0 Å². The third kappa shape index (κ3) is 3.88. The van der Waals surface area contributed by atoms with Gasteiger partial charge < -0.3 is 10.6 Å². The van der Waals surface area contributed by atoms with Gasteiger partial charge in [0.05, 0.1) is 5.56 Å². The first-order valence-corrected chi connectivity index (χ1v) is 6.13. The summed E-state index contributed by atoms with van der Waals surface area (Å²) >= 11 is 0. The number of nitriles is 1. The zero-order chi connectivity index (χ0) is 15.2. The maximum atomic E-state index is 12.0. The zero-order valence-corrected chi connectivity index (χ0v) is 11.3. The van der Waals surface area contributed by atoms with E-state index in [9.17, 15) is 9.59 Å². The average molecular weight is 280 g/mol. The van der Waals surface area contributed by atoms with Gasteiger partial charge in [-0.2, -0.15) is 5.26 Å². The molecule has 6 nitrogen and oxygen atoms in total. The van der Waals surface area contributed by atoms with E-state index in [1.165, 1.54) is 25.3 Å². The van der Waals surface area contributed by atoms with Crippen LogP contribution in [0.2, 0.25) is 0 Å². The minimum absolute atomic E-state index is 0.159. The Kier molecular flexibility index (Phi) is 4.26. The number of carbonyl (C=O) groups is 2. The summed E-state index contributed by atoms with van der Waals surface area (Å²) in [5.41, 5.74) is 1.85. The molecule has 0 radical (unpaired) electrons. The van der Waals surface area contributed by atoms with Gasteiger partial charge in [0.25, 0.3) is 5.91 Å².